The van der Waals surface area contributed by atoms with Crippen LogP contribution in [0.1, 0.15) is 12.8 Å². The van der Waals surface area contributed by atoms with Crippen molar-refractivity contribution >= 4 is 45.1 Å². The summed E-state index contributed by atoms with van der Waals surface area (Å²) >= 11 is 2.86. The van der Waals surface area contributed by atoms with Crippen molar-refractivity contribution in [3.8, 4) is 0 Å². The van der Waals surface area contributed by atoms with Gasteiger partial charge in [-0.15, -0.1) is 0 Å². The monoisotopic (exact) mass is 1210 g/mol. The van der Waals surface area contributed by atoms with Gasteiger partial charge in [0.25, 0.3) is 0 Å². The van der Waals surface area contributed by atoms with E-state index in [2.05, 4.69) is 0 Å². The van der Waals surface area contributed by atoms with Crippen LogP contribution in [-0.2, 0) is 47.4 Å². The lowest BCUT2D eigenvalue weighted by molar-refractivity contribution is -0.330. The molecule has 4 saturated heterocycles. The molecule has 0 radical (unpaired) electrons. The normalized spacial score (nSPS) is 47.5. The molecule has 0 bridgehead atoms. The molecule has 4 aliphatic heterocycles. The molecule has 6 fully saturated rings. The molecule has 0 aromatic carbocycles. The molecule has 6 rings (SSSR count). The van der Waals surface area contributed by atoms with Crippen LogP contribution in [0.15, 0.2) is 0 Å². The third-order valence-electron chi connectivity index (χ3n) is 14.6. The van der Waals surface area contributed by atoms with Gasteiger partial charge in [0.05, 0.1) is 62.9 Å². The first kappa shape index (κ1) is 67.3. The van der Waals surface area contributed by atoms with Crippen molar-refractivity contribution in [2.24, 2.45) is 45.9 Å². The maximum Gasteiger partial charge on any atom is 0.187 e. The number of rotatable bonds is 27. The highest BCUT2D eigenvalue weighted by Crippen LogP contribution is 2.34. The van der Waals surface area contributed by atoms with Gasteiger partial charge in [0.1, 0.15) is 97.7 Å². The van der Waals surface area contributed by atoms with Gasteiger partial charge in [0.15, 0.2) is 25.2 Å². The fraction of sp³-hybridized carbons (Fsp3) is 1.00. The van der Waals surface area contributed by atoms with Crippen molar-refractivity contribution in [2.45, 2.75) is 196 Å². The Balaban J connectivity index is 0.810. The largest absolute Gasteiger partial charge is 0.389 e. The third kappa shape index (κ3) is 17.0. The van der Waals surface area contributed by atoms with E-state index >= 15 is 0 Å². The average Bonchev–Trinajstić information content (AvgIpc) is 3.45. The molecule has 0 aromatic rings. The second-order valence-corrected chi connectivity index (χ2v) is 25.2. The van der Waals surface area contributed by atoms with Crippen LogP contribution in [0.25, 0.3) is 0 Å². The van der Waals surface area contributed by atoms with Crippen LogP contribution in [0.2, 0.25) is 0 Å². The molecular weight excluding hydrogens is 1120 g/mol. The summed E-state index contributed by atoms with van der Waals surface area (Å²) in [7, 11) is 3.25. The Morgan fingerprint density at radius 2 is 0.641 bits per heavy atom. The molecule has 28 N–H and O–H groups in total. The molecule has 4 heterocycles. The van der Waals surface area contributed by atoms with Gasteiger partial charge in [-0.1, -0.05) is 21.6 Å². The number of thioether (sulfide) groups is 2. The molecule has 34 heteroatoms. The number of aliphatic hydroxyl groups is 12. The minimum absolute atomic E-state index is 0.0676. The Morgan fingerprint density at radius 3 is 0.962 bits per heavy atom. The van der Waals surface area contributed by atoms with E-state index in [0.29, 0.717) is 49.4 Å². The number of hydrogen-bond acceptors (Lipinski definition) is 34. The second-order valence-electron chi connectivity index (χ2n) is 20.2. The molecule has 0 spiro atoms. The predicted molar refractivity (Wildman–Crippen MR) is 283 cm³/mol. The van der Waals surface area contributed by atoms with E-state index in [-0.39, 0.29) is 37.4 Å². The van der Waals surface area contributed by atoms with E-state index in [0.717, 1.165) is 0 Å². The van der Waals surface area contributed by atoms with Crippen molar-refractivity contribution in [1.29, 1.82) is 0 Å². The Hall–Kier alpha value is 0.200. The summed E-state index contributed by atoms with van der Waals surface area (Å²) in [4.78, 5) is 0. The molecule has 6 aliphatic rings. The van der Waals surface area contributed by atoms with E-state index < -0.39 is 183 Å². The molecular formula is C44H86N8O22S4. The first-order valence-corrected chi connectivity index (χ1v) is 30.8. The Kier molecular flexibility index (Phi) is 27.7. The summed E-state index contributed by atoms with van der Waals surface area (Å²) in [6, 6.07) is -5.79. The van der Waals surface area contributed by atoms with Crippen molar-refractivity contribution in [2.75, 3.05) is 74.0 Å². The highest BCUT2D eigenvalue weighted by atomic mass is 33.1. The van der Waals surface area contributed by atoms with E-state index in [4.69, 9.17) is 93.2 Å². The number of ether oxygens (including phenoxy) is 10. The maximum atomic E-state index is 11.4. The van der Waals surface area contributed by atoms with E-state index in [9.17, 15) is 61.3 Å². The Morgan fingerprint density at radius 1 is 0.346 bits per heavy atom. The van der Waals surface area contributed by atoms with Crippen molar-refractivity contribution < 1.29 is 109 Å². The average molecular weight is 1210 g/mol. The molecule has 2 saturated carbocycles. The number of nitrogens with two attached hydrogens (primary N) is 8. The van der Waals surface area contributed by atoms with Crippen molar-refractivity contribution in [1.82, 2.24) is 0 Å². The summed E-state index contributed by atoms with van der Waals surface area (Å²) < 4.78 is 58.2. The van der Waals surface area contributed by atoms with Crippen LogP contribution >= 0.6 is 45.1 Å². The zero-order chi connectivity index (χ0) is 57.1. The van der Waals surface area contributed by atoms with Crippen LogP contribution < -0.4 is 45.9 Å². The fourth-order valence-electron chi connectivity index (χ4n) is 9.92. The zero-order valence-corrected chi connectivity index (χ0v) is 46.2. The summed E-state index contributed by atoms with van der Waals surface area (Å²) in [6.45, 7) is 1.40. The Labute approximate surface area is 468 Å². The number of aliphatic hydroxyl groups excluding tert-OH is 12. The molecule has 78 heavy (non-hydrogen) atoms. The van der Waals surface area contributed by atoms with Gasteiger partial charge < -0.3 is 155 Å². The van der Waals surface area contributed by atoms with Gasteiger partial charge in [0, 0.05) is 71.8 Å². The van der Waals surface area contributed by atoms with Crippen molar-refractivity contribution in [3.63, 3.8) is 0 Å². The van der Waals surface area contributed by atoms with Gasteiger partial charge in [-0.25, -0.2) is 0 Å². The van der Waals surface area contributed by atoms with Gasteiger partial charge in [0.2, 0.25) is 0 Å². The van der Waals surface area contributed by atoms with Gasteiger partial charge in [-0.3, -0.25) is 0 Å². The zero-order valence-electron chi connectivity index (χ0n) is 42.9. The molecule has 2 aliphatic carbocycles. The fourth-order valence-corrected chi connectivity index (χ4v) is 13.5. The molecule has 30 atom stereocenters. The SMILES string of the molecule is NCC1O[C@H](OC2C(O)[C@@H](O[C@H]3OC(CSCCOCCSSCCOCCSCC4O[C@H](O[C@H]5C(N)C[C@H](N)[C@H](O[C@H]6OC(CN)[C@@H](O)[C@H](O)C6O)C5O)C(O)C(N)[C@@H]4O)[C@@H](O)[C@H](N)C3O)[C@H](N)C[C@@H]2N)C(O)C(O)[C@@H]1O. The highest BCUT2D eigenvalue weighted by Gasteiger charge is 2.54. The topological polar surface area (TPSA) is 543 Å². The summed E-state index contributed by atoms with van der Waals surface area (Å²) in [5.74, 6) is 3.06. The van der Waals surface area contributed by atoms with Crippen molar-refractivity contribution in [3.05, 3.63) is 0 Å². The second kappa shape index (κ2) is 32.1. The predicted octanol–water partition coefficient (Wildman–Crippen LogP) is -10.7. The lowest BCUT2D eigenvalue weighted by Crippen LogP contribution is -2.68. The highest BCUT2D eigenvalue weighted by molar-refractivity contribution is 8.76. The molecule has 0 amide bonds. The van der Waals surface area contributed by atoms with Crippen LogP contribution in [-0.4, -0.2) is 319 Å². The van der Waals surface area contributed by atoms with Gasteiger partial charge in [-0.05, 0) is 12.8 Å². The summed E-state index contributed by atoms with van der Waals surface area (Å²) in [6.07, 6.45) is -32.7. The van der Waals surface area contributed by atoms with Crippen LogP contribution in [0.4, 0.5) is 0 Å². The van der Waals surface area contributed by atoms with Crippen LogP contribution in [0, 0.1) is 0 Å². The first-order valence-electron chi connectivity index (χ1n) is 26.0. The van der Waals surface area contributed by atoms with Crippen LogP contribution in [0.3, 0.4) is 0 Å². The third-order valence-corrected chi connectivity index (χ3v) is 19.0. The Bertz CT molecular complexity index is 1620. The van der Waals surface area contributed by atoms with E-state index in [1.165, 1.54) is 23.5 Å². The lowest BCUT2D eigenvalue weighted by Gasteiger charge is -2.48. The van der Waals surface area contributed by atoms with Gasteiger partial charge >= 0.3 is 0 Å². The summed E-state index contributed by atoms with van der Waals surface area (Å²) in [5.41, 5.74) is 48.8. The smallest absolute Gasteiger partial charge is 0.187 e. The maximum absolute atomic E-state index is 11.4. The molecule has 458 valence electrons. The number of hydrogen-bond donors (Lipinski definition) is 20. The minimum Gasteiger partial charge on any atom is -0.389 e. The first-order chi connectivity index (χ1) is 37.1. The van der Waals surface area contributed by atoms with E-state index in [1.54, 1.807) is 21.6 Å². The minimum atomic E-state index is -1.70. The standard InChI is InChI=1S/C44H86N8O22S4/c45-11-19-27(55)31(59)33(61)43(67-19)73-39-17(49)9-15(47)37(35(39)63)71-41-29(57)23(51)25(53)21(69-41)13-75-5-1-65-3-7-77-78-8-4-66-2-6-76-14-22-26(54)24(52)30(58)42(70-22)72-38-16(48)10-18(50)40(36(38)64)74-44-34(62)32(60)28(56)20(12-46)68-44/h15-44,53-64H,1-14,45-52H2/t15-,16?,17+,18+,19?,20?,21?,22?,23+,24?,25-,26-,27-,28-,29?,30?,31?,32+,33?,34?,35?,36?,37+,38+,39?,40+,41-,42-,43-,44-/m1/s1. The lowest BCUT2D eigenvalue weighted by atomic mass is 9.84. The molecule has 14 unspecified atom stereocenters. The van der Waals surface area contributed by atoms with Crippen LogP contribution in [0.5, 0.6) is 0 Å². The molecule has 0 aromatic heterocycles. The molecule has 30 nitrogen and oxygen atoms in total. The quantitative estimate of drug-likeness (QED) is 0.0268. The van der Waals surface area contributed by atoms with Gasteiger partial charge in [-0.2, -0.15) is 23.5 Å². The van der Waals surface area contributed by atoms with E-state index in [1.807, 2.05) is 0 Å². The summed E-state index contributed by atoms with van der Waals surface area (Å²) in [5, 5.41) is 128.